The number of rotatable bonds is 0. The van der Waals surface area contributed by atoms with E-state index in [2.05, 4.69) is 0 Å². The van der Waals surface area contributed by atoms with Gasteiger partial charge in [-0.1, -0.05) is 0 Å². The summed E-state index contributed by atoms with van der Waals surface area (Å²) < 4.78 is 0. The third-order valence-electron chi connectivity index (χ3n) is 0.887. The quantitative estimate of drug-likeness (QED) is 0.357. The fraction of sp³-hybridized carbons (Fsp3) is 0. The third-order valence-corrected chi connectivity index (χ3v) is 0.887. The summed E-state index contributed by atoms with van der Waals surface area (Å²) in [7, 11) is 0. The van der Waals surface area contributed by atoms with Gasteiger partial charge in [-0.2, -0.15) is 0 Å². The van der Waals surface area contributed by atoms with Crippen molar-refractivity contribution in [2.24, 2.45) is 0 Å². The van der Waals surface area contributed by atoms with Crippen LogP contribution in [0.4, 0.5) is 0 Å². The molecule has 0 bridgehead atoms. The zero-order chi connectivity index (χ0) is 6.85. The van der Waals surface area contributed by atoms with Crippen LogP contribution in [0.1, 0.15) is 1.43 Å². The van der Waals surface area contributed by atoms with E-state index in [1.807, 2.05) is 0 Å². The van der Waals surface area contributed by atoms with E-state index in [1.54, 1.807) is 0 Å². The van der Waals surface area contributed by atoms with Crippen LogP contribution >= 0.6 is 0 Å². The molecular weight excluding hydrogens is 127 g/mol. The van der Waals surface area contributed by atoms with Crippen LogP contribution < -0.4 is 18.9 Å². The van der Waals surface area contributed by atoms with Crippen molar-refractivity contribution in [3.63, 3.8) is 0 Å². The summed E-state index contributed by atoms with van der Waals surface area (Å²) in [5.74, 6) is -0.437. The smallest absolute Gasteiger partial charge is 1.00 e. The maximum absolute atomic E-state index is 8.67. The van der Waals surface area contributed by atoms with Crippen LogP contribution in [0.2, 0.25) is 0 Å². The molecule has 4 heteroatoms. The Labute approximate surface area is 71.6 Å². The van der Waals surface area contributed by atoms with Gasteiger partial charge in [-0.15, -0.1) is 0 Å². The van der Waals surface area contributed by atoms with Gasteiger partial charge < -0.3 is 16.7 Å². The molecule has 0 unspecified atom stereocenters. The van der Waals surface area contributed by atoms with Crippen LogP contribution in [0.15, 0.2) is 18.2 Å². The molecule has 0 heterocycles. The molecule has 0 aromatic heterocycles. The van der Waals surface area contributed by atoms with Gasteiger partial charge in [0.15, 0.2) is 0 Å². The van der Waals surface area contributed by atoms with Crippen LogP contribution in [-0.2, 0) is 0 Å². The van der Waals surface area contributed by atoms with E-state index in [-0.39, 0.29) is 37.5 Å². The van der Waals surface area contributed by atoms with Crippen molar-refractivity contribution in [1.29, 1.82) is 0 Å². The van der Waals surface area contributed by atoms with E-state index in [1.165, 1.54) is 0 Å². The van der Waals surface area contributed by atoms with Gasteiger partial charge in [0, 0.05) is 18.2 Å². The van der Waals surface area contributed by atoms with Gasteiger partial charge in [-0.05, 0) is 0 Å². The number of phenolic OH excluding ortho intramolecular Hbond substituents is 3. The molecule has 50 valence electrons. The topological polar surface area (TPSA) is 60.7 Å². The predicted molar refractivity (Wildman–Crippen MR) is 32.5 cm³/mol. The molecule has 0 fully saturated rings. The fourth-order valence-corrected chi connectivity index (χ4v) is 0.580. The number of hydrogen-bond donors (Lipinski definition) is 3. The molecule has 1 rings (SSSR count). The zero-order valence-electron chi connectivity index (χ0n) is 6.57. The van der Waals surface area contributed by atoms with Gasteiger partial charge in [0.05, 0.1) is 0 Å². The van der Waals surface area contributed by atoms with Gasteiger partial charge in [-0.25, -0.2) is 0 Å². The van der Waals surface area contributed by atoms with Crippen molar-refractivity contribution in [3.8, 4) is 17.2 Å². The molecule has 3 N–H and O–H groups in total. The van der Waals surface area contributed by atoms with E-state index in [4.69, 9.17) is 15.3 Å². The van der Waals surface area contributed by atoms with Crippen molar-refractivity contribution in [1.82, 2.24) is 0 Å². The largest absolute Gasteiger partial charge is 1.00 e. The van der Waals surface area contributed by atoms with E-state index in [0.717, 1.165) is 18.2 Å². The summed E-state index contributed by atoms with van der Waals surface area (Å²) in [5, 5.41) is 26.0. The van der Waals surface area contributed by atoms with Crippen LogP contribution in [0, 0.1) is 0 Å². The Morgan fingerprint density at radius 1 is 0.800 bits per heavy atom. The molecule has 1 aromatic rings. The van der Waals surface area contributed by atoms with E-state index >= 15 is 0 Å². The number of aromatic hydroxyl groups is 3. The summed E-state index contributed by atoms with van der Waals surface area (Å²) in [6, 6.07) is 3.42. The van der Waals surface area contributed by atoms with Crippen molar-refractivity contribution < 1.29 is 35.6 Å². The van der Waals surface area contributed by atoms with Gasteiger partial charge in [0.2, 0.25) is 0 Å². The summed E-state index contributed by atoms with van der Waals surface area (Å²) in [5.41, 5.74) is 0. The maximum atomic E-state index is 8.67. The minimum atomic E-state index is -0.146. The Bertz CT molecular complexity index is 179. The summed E-state index contributed by atoms with van der Waals surface area (Å²) in [6.45, 7) is 0. The molecule has 0 saturated carbocycles. The second-order valence-corrected chi connectivity index (χ2v) is 1.71. The Morgan fingerprint density at radius 2 is 1.00 bits per heavy atom. The molecule has 0 aliphatic rings. The van der Waals surface area contributed by atoms with Crippen molar-refractivity contribution >= 4 is 0 Å². The fourth-order valence-electron chi connectivity index (χ4n) is 0.580. The minimum absolute atomic E-state index is 0. The molecule has 0 radical (unpaired) electrons. The minimum Gasteiger partial charge on any atom is -1.00 e. The number of hydrogen-bond acceptors (Lipinski definition) is 3. The Kier molecular flexibility index (Phi) is 3.14. The summed E-state index contributed by atoms with van der Waals surface area (Å²) in [4.78, 5) is 0. The normalized spacial score (nSPS) is 8.40. The molecule has 3 nitrogen and oxygen atoms in total. The Balaban J connectivity index is 0. The first-order valence-electron chi connectivity index (χ1n) is 2.40. The second-order valence-electron chi connectivity index (χ2n) is 1.71. The first-order valence-corrected chi connectivity index (χ1v) is 2.40. The summed E-state index contributed by atoms with van der Waals surface area (Å²) in [6.07, 6.45) is 0. The average molecular weight is 134 g/mol. The third kappa shape index (κ3) is 2.22. The van der Waals surface area contributed by atoms with Crippen LogP contribution in [0.5, 0.6) is 17.2 Å². The molecule has 0 spiro atoms. The maximum Gasteiger partial charge on any atom is 1.00 e. The van der Waals surface area contributed by atoms with Crippen molar-refractivity contribution in [3.05, 3.63) is 18.2 Å². The molecule has 0 aliphatic carbocycles. The standard InChI is InChI=1S/C6H6O3.Li.H/c7-4-1-5(8)3-6(9)2-4;;/h1-3,7-9H;;/q;+1;-1. The Morgan fingerprint density at radius 3 is 1.20 bits per heavy atom. The van der Waals surface area contributed by atoms with Gasteiger partial charge in [-0.3, -0.25) is 0 Å². The van der Waals surface area contributed by atoms with E-state index in [9.17, 15) is 0 Å². The first-order chi connectivity index (χ1) is 4.18. The molecule has 10 heavy (non-hydrogen) atoms. The van der Waals surface area contributed by atoms with Crippen molar-refractivity contribution in [2.75, 3.05) is 0 Å². The Hall–Kier alpha value is -0.783. The van der Waals surface area contributed by atoms with Crippen LogP contribution in [0.25, 0.3) is 0 Å². The zero-order valence-corrected chi connectivity index (χ0v) is 5.57. The molecule has 0 aliphatic heterocycles. The molecule has 1 aromatic carbocycles. The van der Waals surface area contributed by atoms with Gasteiger partial charge in [0.1, 0.15) is 17.2 Å². The summed E-state index contributed by atoms with van der Waals surface area (Å²) >= 11 is 0. The van der Waals surface area contributed by atoms with Crippen molar-refractivity contribution in [2.45, 2.75) is 0 Å². The van der Waals surface area contributed by atoms with Gasteiger partial charge >= 0.3 is 18.9 Å². The monoisotopic (exact) mass is 134 g/mol. The van der Waals surface area contributed by atoms with Gasteiger partial charge in [0.25, 0.3) is 0 Å². The average Bonchev–Trinajstić information content (AvgIpc) is 1.59. The van der Waals surface area contributed by atoms with E-state index in [0.29, 0.717) is 0 Å². The van der Waals surface area contributed by atoms with Crippen LogP contribution in [-0.4, -0.2) is 15.3 Å². The number of phenols is 3. The molecule has 0 saturated heterocycles. The predicted octanol–water partition coefficient (Wildman–Crippen LogP) is -2.08. The number of benzene rings is 1. The molecular formula is C6H7LiO3. The SMILES string of the molecule is Oc1cc(O)cc(O)c1.[H-].[Li+]. The van der Waals surface area contributed by atoms with E-state index < -0.39 is 0 Å². The second kappa shape index (κ2) is 3.40. The first kappa shape index (κ1) is 9.22. The molecule has 0 atom stereocenters. The molecule has 0 amide bonds. The van der Waals surface area contributed by atoms with Crippen LogP contribution in [0.3, 0.4) is 0 Å².